The van der Waals surface area contributed by atoms with Crippen LogP contribution in [0, 0.1) is 0 Å². The minimum atomic E-state index is -0.860. The fraction of sp³-hybridized carbons (Fsp3) is 0.190. The predicted octanol–water partition coefficient (Wildman–Crippen LogP) is 4.64. The maximum Gasteiger partial charge on any atom is 0.303 e. The van der Waals surface area contributed by atoms with Crippen LogP contribution in [-0.2, 0) is 17.8 Å². The van der Waals surface area contributed by atoms with Crippen molar-refractivity contribution < 1.29 is 9.90 Å². The molecule has 0 spiro atoms. The Bertz CT molecular complexity index is 1160. The molecule has 5 nitrogen and oxygen atoms in total. The third-order valence-electron chi connectivity index (χ3n) is 4.54. The molecule has 0 atom stereocenters. The van der Waals surface area contributed by atoms with Gasteiger partial charge in [0.25, 0.3) is 5.56 Å². The van der Waals surface area contributed by atoms with Gasteiger partial charge in [0.2, 0.25) is 0 Å². The maximum absolute atomic E-state index is 13.4. The zero-order valence-electron chi connectivity index (χ0n) is 15.0. The number of rotatable bonds is 7. The molecule has 0 unspecified atom stereocenters. The summed E-state index contributed by atoms with van der Waals surface area (Å²) in [6, 6.07) is 13.8. The lowest BCUT2D eigenvalue weighted by molar-refractivity contribution is -0.137. The summed E-state index contributed by atoms with van der Waals surface area (Å²) in [5.41, 5.74) is 1.88. The Balaban J connectivity index is 1.82. The number of aliphatic carboxylic acids is 1. The van der Waals surface area contributed by atoms with E-state index in [0.29, 0.717) is 30.6 Å². The third kappa shape index (κ3) is 3.76. The number of benzene rings is 1. The standard InChI is InChI=1S/C21H18N2O3S2/c24-18(25)9-4-10-23-17(12-14-6-2-1-3-7-14)22-20-19(21(23)26)15(13-28-20)16-8-5-11-27-16/h1-3,5-8,11,13H,4,9-10,12H2,(H,24,25). The molecule has 142 valence electrons. The Kier molecular flexibility index (Phi) is 5.36. The van der Waals surface area contributed by atoms with E-state index in [1.165, 1.54) is 11.3 Å². The van der Waals surface area contributed by atoms with Crippen LogP contribution in [0.3, 0.4) is 0 Å². The topological polar surface area (TPSA) is 72.2 Å². The molecule has 7 heteroatoms. The summed E-state index contributed by atoms with van der Waals surface area (Å²) in [7, 11) is 0. The molecule has 0 fully saturated rings. The molecule has 4 aromatic rings. The number of fused-ring (bicyclic) bond motifs is 1. The first-order valence-electron chi connectivity index (χ1n) is 8.94. The van der Waals surface area contributed by atoms with Crippen molar-refractivity contribution in [2.45, 2.75) is 25.8 Å². The highest BCUT2D eigenvalue weighted by Gasteiger charge is 2.18. The van der Waals surface area contributed by atoms with Crippen LogP contribution in [0.1, 0.15) is 24.2 Å². The lowest BCUT2D eigenvalue weighted by Gasteiger charge is -2.12. The average molecular weight is 411 g/mol. The van der Waals surface area contributed by atoms with Crippen molar-refractivity contribution in [2.75, 3.05) is 0 Å². The Morgan fingerprint density at radius 1 is 1.11 bits per heavy atom. The number of carboxylic acids is 1. The average Bonchev–Trinajstić information content (AvgIpc) is 3.34. The van der Waals surface area contributed by atoms with Gasteiger partial charge in [-0.25, -0.2) is 4.98 Å². The highest BCUT2D eigenvalue weighted by Crippen LogP contribution is 2.33. The lowest BCUT2D eigenvalue weighted by atomic mass is 10.1. The molecule has 0 amide bonds. The fourth-order valence-corrected chi connectivity index (χ4v) is 4.98. The molecule has 3 heterocycles. The highest BCUT2D eigenvalue weighted by molar-refractivity contribution is 7.18. The van der Waals surface area contributed by atoms with Crippen LogP contribution in [0.4, 0.5) is 0 Å². The minimum absolute atomic E-state index is 0.0245. The Morgan fingerprint density at radius 2 is 1.93 bits per heavy atom. The predicted molar refractivity (Wildman–Crippen MR) is 113 cm³/mol. The highest BCUT2D eigenvalue weighted by atomic mass is 32.1. The van der Waals surface area contributed by atoms with Crippen LogP contribution in [0.2, 0.25) is 0 Å². The van der Waals surface area contributed by atoms with Gasteiger partial charge in [0.1, 0.15) is 10.7 Å². The molecule has 0 saturated carbocycles. The quantitative estimate of drug-likeness (QED) is 0.482. The molecule has 1 N–H and O–H groups in total. The van der Waals surface area contributed by atoms with Crippen molar-refractivity contribution in [1.82, 2.24) is 9.55 Å². The van der Waals surface area contributed by atoms with E-state index < -0.39 is 5.97 Å². The summed E-state index contributed by atoms with van der Waals surface area (Å²) in [6.07, 6.45) is 0.949. The van der Waals surface area contributed by atoms with E-state index in [0.717, 1.165) is 20.8 Å². The molecular formula is C21H18N2O3S2. The van der Waals surface area contributed by atoms with Crippen molar-refractivity contribution in [1.29, 1.82) is 0 Å². The van der Waals surface area contributed by atoms with Gasteiger partial charge in [-0.15, -0.1) is 22.7 Å². The van der Waals surface area contributed by atoms with Gasteiger partial charge in [-0.05, 0) is 23.4 Å². The first-order chi connectivity index (χ1) is 13.6. The van der Waals surface area contributed by atoms with Gasteiger partial charge in [-0.3, -0.25) is 14.2 Å². The molecule has 0 saturated heterocycles. The van der Waals surface area contributed by atoms with Gasteiger partial charge >= 0.3 is 5.97 Å². The largest absolute Gasteiger partial charge is 0.481 e. The van der Waals surface area contributed by atoms with E-state index in [9.17, 15) is 9.59 Å². The van der Waals surface area contributed by atoms with E-state index in [4.69, 9.17) is 10.1 Å². The summed E-state index contributed by atoms with van der Waals surface area (Å²) >= 11 is 3.07. The zero-order valence-corrected chi connectivity index (χ0v) is 16.6. The van der Waals surface area contributed by atoms with Crippen molar-refractivity contribution in [3.8, 4) is 10.4 Å². The summed E-state index contributed by atoms with van der Waals surface area (Å²) in [6.45, 7) is 0.343. The van der Waals surface area contributed by atoms with Crippen molar-refractivity contribution in [3.05, 3.63) is 75.0 Å². The summed E-state index contributed by atoms with van der Waals surface area (Å²) in [5.74, 6) is -0.185. The molecule has 0 radical (unpaired) electrons. The second-order valence-electron chi connectivity index (χ2n) is 6.45. The fourth-order valence-electron chi connectivity index (χ4n) is 3.21. The van der Waals surface area contributed by atoms with E-state index in [1.807, 2.05) is 53.2 Å². The molecule has 1 aromatic carbocycles. The molecular weight excluding hydrogens is 392 g/mol. The second kappa shape index (κ2) is 8.08. The van der Waals surface area contributed by atoms with Crippen molar-refractivity contribution >= 4 is 38.9 Å². The van der Waals surface area contributed by atoms with Gasteiger partial charge < -0.3 is 5.11 Å². The summed E-state index contributed by atoms with van der Waals surface area (Å²) in [5, 5.41) is 13.6. The molecule has 3 aromatic heterocycles. The summed E-state index contributed by atoms with van der Waals surface area (Å²) < 4.78 is 1.65. The van der Waals surface area contributed by atoms with Gasteiger partial charge in [-0.2, -0.15) is 0 Å². The van der Waals surface area contributed by atoms with Gasteiger partial charge in [0, 0.05) is 35.2 Å². The van der Waals surface area contributed by atoms with Crippen LogP contribution in [0.5, 0.6) is 0 Å². The van der Waals surface area contributed by atoms with E-state index in [1.54, 1.807) is 15.9 Å². The number of carboxylic acid groups (broad SMARTS) is 1. The zero-order chi connectivity index (χ0) is 19.5. The Morgan fingerprint density at radius 3 is 2.64 bits per heavy atom. The number of thiophene rings is 2. The van der Waals surface area contributed by atoms with Gasteiger partial charge in [0.05, 0.1) is 5.39 Å². The smallest absolute Gasteiger partial charge is 0.303 e. The number of hydrogen-bond donors (Lipinski definition) is 1. The third-order valence-corrected chi connectivity index (χ3v) is 6.31. The second-order valence-corrected chi connectivity index (χ2v) is 8.26. The van der Waals surface area contributed by atoms with E-state index in [-0.39, 0.29) is 12.0 Å². The van der Waals surface area contributed by atoms with Crippen LogP contribution < -0.4 is 5.56 Å². The van der Waals surface area contributed by atoms with Gasteiger partial charge in [0.15, 0.2) is 0 Å². The molecule has 28 heavy (non-hydrogen) atoms. The molecule has 0 aliphatic carbocycles. The number of hydrogen-bond acceptors (Lipinski definition) is 5. The van der Waals surface area contributed by atoms with Gasteiger partial charge in [-0.1, -0.05) is 36.4 Å². The monoisotopic (exact) mass is 410 g/mol. The molecule has 0 bridgehead atoms. The van der Waals surface area contributed by atoms with E-state index >= 15 is 0 Å². The normalized spacial score (nSPS) is 11.1. The van der Waals surface area contributed by atoms with Crippen LogP contribution in [0.25, 0.3) is 20.7 Å². The Hall–Kier alpha value is -2.77. The number of carbonyl (C=O) groups is 1. The number of nitrogens with zero attached hydrogens (tertiary/aromatic N) is 2. The van der Waals surface area contributed by atoms with Crippen LogP contribution in [-0.4, -0.2) is 20.6 Å². The van der Waals surface area contributed by atoms with Crippen LogP contribution in [0.15, 0.2) is 58.0 Å². The maximum atomic E-state index is 13.4. The lowest BCUT2D eigenvalue weighted by Crippen LogP contribution is -2.26. The SMILES string of the molecule is O=C(O)CCCn1c(Cc2ccccc2)nc2scc(-c3cccs3)c2c1=O. The number of aromatic nitrogens is 2. The van der Waals surface area contributed by atoms with Crippen molar-refractivity contribution in [3.63, 3.8) is 0 Å². The van der Waals surface area contributed by atoms with Crippen molar-refractivity contribution in [2.24, 2.45) is 0 Å². The van der Waals surface area contributed by atoms with Crippen LogP contribution >= 0.6 is 22.7 Å². The minimum Gasteiger partial charge on any atom is -0.481 e. The Labute approximate surface area is 169 Å². The molecule has 4 rings (SSSR count). The van der Waals surface area contributed by atoms with E-state index in [2.05, 4.69) is 0 Å². The summed E-state index contributed by atoms with van der Waals surface area (Å²) in [4.78, 5) is 30.9. The first kappa shape index (κ1) is 18.6. The molecule has 0 aliphatic rings. The first-order valence-corrected chi connectivity index (χ1v) is 10.7. The molecule has 0 aliphatic heterocycles.